The van der Waals surface area contributed by atoms with Gasteiger partial charge < -0.3 is 20.1 Å². The van der Waals surface area contributed by atoms with Crippen LogP contribution >= 0.6 is 0 Å². The van der Waals surface area contributed by atoms with Crippen molar-refractivity contribution in [2.45, 2.75) is 25.5 Å². The number of likely N-dealkylation sites (N-methyl/N-ethyl adjacent to an activating group) is 1. The first kappa shape index (κ1) is 16.4. The predicted molar refractivity (Wildman–Crippen MR) is 69.8 cm³/mol. The number of amides is 4. The second-order valence-electron chi connectivity index (χ2n) is 5.33. The van der Waals surface area contributed by atoms with E-state index in [1.54, 1.807) is 13.8 Å². The number of hydrogen-bond acceptors (Lipinski definition) is 5. The molecule has 20 heavy (non-hydrogen) atoms. The lowest BCUT2D eigenvalue weighted by Crippen LogP contribution is -2.45. The highest BCUT2D eigenvalue weighted by Gasteiger charge is 2.45. The molecular weight excluding hydrogens is 266 g/mol. The van der Waals surface area contributed by atoms with Crippen molar-refractivity contribution in [1.29, 1.82) is 0 Å². The number of hydrogen-bond donors (Lipinski definition) is 2. The van der Waals surface area contributed by atoms with Gasteiger partial charge >= 0.3 is 6.03 Å². The first-order valence-corrected chi connectivity index (χ1v) is 6.24. The van der Waals surface area contributed by atoms with E-state index in [1.807, 2.05) is 0 Å². The molecule has 1 unspecified atom stereocenters. The number of aliphatic hydroxyl groups excluding tert-OH is 1. The zero-order valence-corrected chi connectivity index (χ0v) is 12.2. The van der Waals surface area contributed by atoms with Crippen molar-refractivity contribution in [3.63, 3.8) is 0 Å². The molecule has 0 aromatic heterocycles. The average Bonchev–Trinajstić information content (AvgIpc) is 2.51. The summed E-state index contributed by atoms with van der Waals surface area (Å²) in [6, 6.07) is -0.584. The van der Waals surface area contributed by atoms with Gasteiger partial charge in [-0.15, -0.1) is 0 Å². The van der Waals surface area contributed by atoms with Crippen LogP contribution < -0.4 is 5.32 Å². The molecule has 8 nitrogen and oxygen atoms in total. The molecular formula is C12H21N3O5. The second kappa shape index (κ2) is 6.19. The molecule has 114 valence electrons. The summed E-state index contributed by atoms with van der Waals surface area (Å²) in [5.41, 5.74) is -0.995. The third-order valence-corrected chi connectivity index (χ3v) is 3.01. The second-order valence-corrected chi connectivity index (χ2v) is 5.33. The number of methoxy groups -OCH3 is 1. The number of nitrogens with zero attached hydrogens (tertiary/aromatic N) is 2. The molecule has 0 bridgehead atoms. The van der Waals surface area contributed by atoms with E-state index in [-0.39, 0.29) is 19.7 Å². The Morgan fingerprint density at radius 1 is 1.50 bits per heavy atom. The van der Waals surface area contributed by atoms with Crippen LogP contribution in [0.15, 0.2) is 0 Å². The zero-order chi connectivity index (χ0) is 15.5. The van der Waals surface area contributed by atoms with E-state index in [2.05, 4.69) is 5.32 Å². The fourth-order valence-electron chi connectivity index (χ4n) is 1.88. The highest BCUT2D eigenvalue weighted by Crippen LogP contribution is 2.16. The van der Waals surface area contributed by atoms with Gasteiger partial charge in [0.2, 0.25) is 5.91 Å². The molecule has 1 heterocycles. The van der Waals surface area contributed by atoms with Crippen molar-refractivity contribution in [3.8, 4) is 0 Å². The van der Waals surface area contributed by atoms with E-state index in [0.29, 0.717) is 0 Å². The van der Waals surface area contributed by atoms with Gasteiger partial charge in [0.15, 0.2) is 0 Å². The van der Waals surface area contributed by atoms with E-state index < -0.39 is 29.5 Å². The van der Waals surface area contributed by atoms with Crippen LogP contribution in [0.25, 0.3) is 0 Å². The molecule has 0 saturated carbocycles. The van der Waals surface area contributed by atoms with E-state index in [4.69, 9.17) is 4.74 Å². The largest absolute Gasteiger partial charge is 0.389 e. The van der Waals surface area contributed by atoms with Gasteiger partial charge in [-0.1, -0.05) is 0 Å². The standard InChI is InChI=1S/C12H21N3O5/c1-12(2)10(18)15(11(19)13-12)6-9(17)14(3)5-8(16)7-20-4/h8,16H,5-7H2,1-4H3,(H,13,19). The molecule has 1 aliphatic rings. The first-order valence-electron chi connectivity index (χ1n) is 6.24. The number of aliphatic hydroxyl groups is 1. The normalized spacial score (nSPS) is 18.9. The molecule has 2 N–H and O–H groups in total. The molecule has 1 rings (SSSR count). The highest BCUT2D eigenvalue weighted by molar-refractivity contribution is 6.08. The molecule has 4 amide bonds. The molecule has 1 atom stereocenters. The molecule has 0 aromatic rings. The summed E-state index contributed by atoms with van der Waals surface area (Å²) >= 11 is 0. The number of urea groups is 1. The SMILES string of the molecule is COCC(O)CN(C)C(=O)CN1C(=O)NC(C)(C)C1=O. The lowest BCUT2D eigenvalue weighted by Gasteiger charge is -2.22. The van der Waals surface area contributed by atoms with Crippen LogP contribution in [0.5, 0.6) is 0 Å². The van der Waals surface area contributed by atoms with Crippen LogP contribution in [-0.4, -0.2) is 78.2 Å². The maximum absolute atomic E-state index is 11.9. The van der Waals surface area contributed by atoms with Crippen LogP contribution in [0.3, 0.4) is 0 Å². The highest BCUT2D eigenvalue weighted by atomic mass is 16.5. The predicted octanol–water partition coefficient (Wildman–Crippen LogP) is -1.22. The van der Waals surface area contributed by atoms with Crippen molar-refractivity contribution in [1.82, 2.24) is 15.1 Å². The summed E-state index contributed by atoms with van der Waals surface area (Å²) in [6.07, 6.45) is -0.812. The molecule has 1 fully saturated rings. The van der Waals surface area contributed by atoms with Crippen LogP contribution in [0.4, 0.5) is 4.79 Å². The summed E-state index contributed by atoms with van der Waals surface area (Å²) in [7, 11) is 2.94. The Kier molecular flexibility index (Phi) is 5.07. The van der Waals surface area contributed by atoms with Gasteiger partial charge in [0.05, 0.1) is 12.7 Å². The Hall–Kier alpha value is -1.67. The summed E-state index contributed by atoms with van der Waals surface area (Å²) in [5.74, 6) is -0.872. The maximum atomic E-state index is 11.9. The van der Waals surface area contributed by atoms with Gasteiger partial charge in [-0.3, -0.25) is 14.5 Å². The van der Waals surface area contributed by atoms with Crippen molar-refractivity contribution in [3.05, 3.63) is 0 Å². The molecule has 0 radical (unpaired) electrons. The van der Waals surface area contributed by atoms with Crippen LogP contribution in [-0.2, 0) is 14.3 Å². The van der Waals surface area contributed by atoms with Crippen LogP contribution in [0, 0.1) is 0 Å². The van der Waals surface area contributed by atoms with E-state index in [9.17, 15) is 19.5 Å². The van der Waals surface area contributed by atoms with Gasteiger partial charge in [-0.05, 0) is 13.8 Å². The Bertz CT molecular complexity index is 410. The lowest BCUT2D eigenvalue weighted by atomic mass is 10.1. The summed E-state index contributed by atoms with van der Waals surface area (Å²) in [4.78, 5) is 37.6. The molecule has 1 saturated heterocycles. The lowest BCUT2D eigenvalue weighted by molar-refractivity contribution is -0.138. The Balaban J connectivity index is 2.58. The smallest absolute Gasteiger partial charge is 0.325 e. The topological polar surface area (TPSA) is 99.2 Å². The molecule has 1 aliphatic heterocycles. The monoisotopic (exact) mass is 287 g/mol. The molecule has 0 spiro atoms. The van der Waals surface area contributed by atoms with Gasteiger partial charge in [0.25, 0.3) is 5.91 Å². The Morgan fingerprint density at radius 3 is 2.55 bits per heavy atom. The number of carbonyl (C=O) groups excluding carboxylic acids is 3. The first-order chi connectivity index (χ1) is 9.19. The summed E-state index contributed by atoms with van der Waals surface area (Å²) in [5, 5.41) is 12.0. The molecule has 8 heteroatoms. The number of carbonyl (C=O) groups is 3. The van der Waals surface area contributed by atoms with E-state index in [1.165, 1.54) is 19.1 Å². The quantitative estimate of drug-likeness (QED) is 0.597. The number of ether oxygens (including phenoxy) is 1. The molecule has 0 aliphatic carbocycles. The fourth-order valence-corrected chi connectivity index (χ4v) is 1.88. The fraction of sp³-hybridized carbons (Fsp3) is 0.750. The Morgan fingerprint density at radius 2 is 2.10 bits per heavy atom. The average molecular weight is 287 g/mol. The number of nitrogens with one attached hydrogen (secondary N) is 1. The van der Waals surface area contributed by atoms with Gasteiger partial charge in [0.1, 0.15) is 12.1 Å². The number of rotatable bonds is 6. The summed E-state index contributed by atoms with van der Waals surface area (Å²) in [6.45, 7) is 2.98. The third kappa shape index (κ3) is 3.67. The zero-order valence-electron chi connectivity index (χ0n) is 12.2. The van der Waals surface area contributed by atoms with E-state index in [0.717, 1.165) is 4.90 Å². The van der Waals surface area contributed by atoms with Crippen molar-refractivity contribution in [2.24, 2.45) is 0 Å². The molecule has 0 aromatic carbocycles. The minimum absolute atomic E-state index is 0.0692. The Labute approximate surface area is 117 Å². The maximum Gasteiger partial charge on any atom is 0.325 e. The minimum atomic E-state index is -0.995. The third-order valence-electron chi connectivity index (χ3n) is 3.01. The van der Waals surface area contributed by atoms with Crippen molar-refractivity contribution < 1.29 is 24.2 Å². The van der Waals surface area contributed by atoms with Crippen molar-refractivity contribution >= 4 is 17.8 Å². The van der Waals surface area contributed by atoms with Crippen molar-refractivity contribution in [2.75, 3.05) is 33.9 Å². The van der Waals surface area contributed by atoms with Gasteiger partial charge in [-0.25, -0.2) is 4.79 Å². The summed E-state index contributed by atoms with van der Waals surface area (Å²) < 4.78 is 4.76. The van der Waals surface area contributed by atoms with E-state index >= 15 is 0 Å². The van der Waals surface area contributed by atoms with Gasteiger partial charge in [0, 0.05) is 20.7 Å². The minimum Gasteiger partial charge on any atom is -0.389 e. The van der Waals surface area contributed by atoms with Crippen LogP contribution in [0.2, 0.25) is 0 Å². The van der Waals surface area contributed by atoms with Crippen LogP contribution in [0.1, 0.15) is 13.8 Å². The van der Waals surface area contributed by atoms with Gasteiger partial charge in [-0.2, -0.15) is 0 Å². The number of imide groups is 1.